The van der Waals surface area contributed by atoms with Crippen molar-refractivity contribution >= 4 is 43.1 Å². The average molecular weight is 399 g/mol. The minimum absolute atomic E-state index is 0.589. The largest absolute Gasteiger partial charge is 0.0616 e. The fourth-order valence-corrected chi connectivity index (χ4v) is 4.20. The van der Waals surface area contributed by atoms with Crippen molar-refractivity contribution in [2.45, 2.75) is 19.8 Å². The van der Waals surface area contributed by atoms with E-state index in [4.69, 9.17) is 0 Å². The lowest BCUT2D eigenvalue weighted by Crippen LogP contribution is -1.86. The molecule has 31 heavy (non-hydrogen) atoms. The Morgan fingerprint density at radius 2 is 0.677 bits per heavy atom. The highest BCUT2D eigenvalue weighted by molar-refractivity contribution is 5.99. The van der Waals surface area contributed by atoms with Crippen molar-refractivity contribution in [1.82, 2.24) is 0 Å². The predicted octanol–water partition coefficient (Wildman–Crippen LogP) is 9.11. The first-order valence-corrected chi connectivity index (χ1v) is 11.0. The highest BCUT2D eigenvalue weighted by Crippen LogP contribution is 2.26. The van der Waals surface area contributed by atoms with Crippen LogP contribution in [0.3, 0.4) is 0 Å². The molecule has 0 heteroatoms. The molecular weight excluding hydrogens is 372 g/mol. The van der Waals surface area contributed by atoms with Gasteiger partial charge >= 0.3 is 0 Å². The monoisotopic (exact) mass is 398 g/mol. The van der Waals surface area contributed by atoms with Gasteiger partial charge in [0.2, 0.25) is 0 Å². The third-order valence-corrected chi connectivity index (χ3v) is 6.01. The summed E-state index contributed by atoms with van der Waals surface area (Å²) < 4.78 is 0. The van der Waals surface area contributed by atoms with Gasteiger partial charge in [0.1, 0.15) is 0 Å². The molecule has 0 aromatic heterocycles. The van der Waals surface area contributed by atoms with Crippen LogP contribution in [-0.4, -0.2) is 0 Å². The van der Waals surface area contributed by atoms with E-state index in [1.807, 2.05) is 0 Å². The Morgan fingerprint density at radius 3 is 1.03 bits per heavy atom. The highest BCUT2D eigenvalue weighted by Gasteiger charge is 2.02. The first kappa shape index (κ1) is 19.3. The number of fused-ring (bicyclic) bond motifs is 4. The molecular formula is C31H26. The second-order valence-electron chi connectivity index (χ2n) is 8.51. The number of benzene rings is 6. The highest BCUT2D eigenvalue weighted by atomic mass is 14.1. The van der Waals surface area contributed by atoms with E-state index in [0.29, 0.717) is 5.92 Å². The second-order valence-corrected chi connectivity index (χ2v) is 8.51. The van der Waals surface area contributed by atoms with Gasteiger partial charge in [-0.15, -0.1) is 0 Å². The summed E-state index contributed by atoms with van der Waals surface area (Å²) in [7, 11) is 0. The molecule has 0 heterocycles. The normalized spacial score (nSPS) is 11.2. The summed E-state index contributed by atoms with van der Waals surface area (Å²) in [6.45, 7) is 4.48. The minimum Gasteiger partial charge on any atom is -0.0616 e. The molecule has 6 aromatic rings. The summed E-state index contributed by atoms with van der Waals surface area (Å²) in [5.41, 5.74) is 1.41. The summed E-state index contributed by atoms with van der Waals surface area (Å²) in [5.74, 6) is 0.589. The first-order valence-electron chi connectivity index (χ1n) is 11.0. The molecule has 0 N–H and O–H groups in total. The minimum atomic E-state index is 0.589. The van der Waals surface area contributed by atoms with Gasteiger partial charge in [-0.3, -0.25) is 0 Å². The third kappa shape index (κ3) is 4.02. The maximum Gasteiger partial charge on any atom is -0.0175 e. The van der Waals surface area contributed by atoms with Crippen molar-refractivity contribution in [1.29, 1.82) is 0 Å². The van der Waals surface area contributed by atoms with Crippen molar-refractivity contribution in [3.05, 3.63) is 121 Å². The van der Waals surface area contributed by atoms with Crippen LogP contribution in [0, 0.1) is 0 Å². The van der Waals surface area contributed by atoms with Crippen molar-refractivity contribution in [3.63, 3.8) is 0 Å². The van der Waals surface area contributed by atoms with Crippen molar-refractivity contribution in [3.8, 4) is 0 Å². The Labute approximate surface area is 183 Å². The lowest BCUT2D eigenvalue weighted by atomic mass is 9.97. The Hall–Kier alpha value is -3.64. The SMILES string of the molecule is CC(C)c1ccc2cc3ccccc3cc2c1.c1ccc2cc3ccccc3cc2c1. The smallest absolute Gasteiger partial charge is 0.0175 e. The van der Waals surface area contributed by atoms with Crippen LogP contribution >= 0.6 is 0 Å². The summed E-state index contributed by atoms with van der Waals surface area (Å²) in [4.78, 5) is 0. The van der Waals surface area contributed by atoms with E-state index in [1.165, 1.54) is 48.7 Å². The number of rotatable bonds is 1. The van der Waals surface area contributed by atoms with Crippen LogP contribution in [-0.2, 0) is 0 Å². The van der Waals surface area contributed by atoms with Gasteiger partial charge in [0.05, 0.1) is 0 Å². The van der Waals surface area contributed by atoms with Gasteiger partial charge in [-0.1, -0.05) is 105 Å². The van der Waals surface area contributed by atoms with E-state index in [2.05, 4.69) is 129 Å². The summed E-state index contributed by atoms with van der Waals surface area (Å²) in [5, 5.41) is 10.6. The Balaban J connectivity index is 0.000000134. The van der Waals surface area contributed by atoms with Crippen LogP contribution in [0.4, 0.5) is 0 Å². The molecule has 0 aliphatic heterocycles. The molecule has 6 rings (SSSR count). The fraction of sp³-hybridized carbons (Fsp3) is 0.0968. The number of hydrogen-bond donors (Lipinski definition) is 0. The molecule has 6 aromatic carbocycles. The molecule has 0 fully saturated rings. The van der Waals surface area contributed by atoms with Crippen molar-refractivity contribution in [2.75, 3.05) is 0 Å². The zero-order valence-corrected chi connectivity index (χ0v) is 18.0. The van der Waals surface area contributed by atoms with Crippen molar-refractivity contribution in [2.24, 2.45) is 0 Å². The first-order chi connectivity index (χ1) is 15.2. The molecule has 0 saturated carbocycles. The molecule has 0 spiro atoms. The molecule has 0 saturated heterocycles. The molecule has 0 amide bonds. The van der Waals surface area contributed by atoms with Gasteiger partial charge in [0.25, 0.3) is 0 Å². The van der Waals surface area contributed by atoms with Crippen molar-refractivity contribution < 1.29 is 0 Å². The van der Waals surface area contributed by atoms with Gasteiger partial charge < -0.3 is 0 Å². The lowest BCUT2D eigenvalue weighted by molar-refractivity contribution is 0.869. The average Bonchev–Trinajstić information content (AvgIpc) is 2.81. The third-order valence-electron chi connectivity index (χ3n) is 6.01. The van der Waals surface area contributed by atoms with Gasteiger partial charge in [0, 0.05) is 0 Å². The van der Waals surface area contributed by atoms with Gasteiger partial charge in [-0.25, -0.2) is 0 Å². The van der Waals surface area contributed by atoms with Crippen LogP contribution in [0.2, 0.25) is 0 Å². The molecule has 0 aliphatic carbocycles. The molecule has 0 nitrogen and oxygen atoms in total. The van der Waals surface area contributed by atoms with E-state index >= 15 is 0 Å². The molecule has 0 radical (unpaired) electrons. The van der Waals surface area contributed by atoms with E-state index in [-0.39, 0.29) is 0 Å². The molecule has 0 aliphatic rings. The Morgan fingerprint density at radius 1 is 0.355 bits per heavy atom. The van der Waals surface area contributed by atoms with Crippen LogP contribution in [0.15, 0.2) is 115 Å². The quantitative estimate of drug-likeness (QED) is 0.242. The summed E-state index contributed by atoms with van der Waals surface area (Å²) >= 11 is 0. The second kappa shape index (κ2) is 8.24. The predicted molar refractivity (Wildman–Crippen MR) is 137 cm³/mol. The van der Waals surface area contributed by atoms with Gasteiger partial charge in [0.15, 0.2) is 0 Å². The zero-order chi connectivity index (χ0) is 21.2. The van der Waals surface area contributed by atoms with Crippen LogP contribution < -0.4 is 0 Å². The van der Waals surface area contributed by atoms with Crippen LogP contribution in [0.1, 0.15) is 25.3 Å². The molecule has 150 valence electrons. The standard InChI is InChI=1S/C17H16.C14H10/c1-12(2)13-7-8-16-10-14-5-3-4-6-15(14)11-17(16)9-13;1-2-6-12-10-14-8-4-3-7-13(14)9-11(12)5-1/h3-12H,1-2H3;1-10H. The fourth-order valence-electron chi connectivity index (χ4n) is 4.20. The maximum atomic E-state index is 2.31. The topological polar surface area (TPSA) is 0 Å². The van der Waals surface area contributed by atoms with E-state index in [1.54, 1.807) is 0 Å². The van der Waals surface area contributed by atoms with Gasteiger partial charge in [-0.2, -0.15) is 0 Å². The van der Waals surface area contributed by atoms with E-state index < -0.39 is 0 Å². The Kier molecular flexibility index (Phi) is 5.14. The molecule has 0 unspecified atom stereocenters. The van der Waals surface area contributed by atoms with Crippen LogP contribution in [0.25, 0.3) is 43.1 Å². The molecule has 0 bridgehead atoms. The number of hydrogen-bond acceptors (Lipinski definition) is 0. The molecule has 0 atom stereocenters. The van der Waals surface area contributed by atoms with E-state index in [9.17, 15) is 0 Å². The summed E-state index contributed by atoms with van der Waals surface area (Å²) in [6, 6.07) is 41.3. The van der Waals surface area contributed by atoms with Crippen LogP contribution in [0.5, 0.6) is 0 Å². The van der Waals surface area contributed by atoms with E-state index in [0.717, 1.165) is 0 Å². The lowest BCUT2D eigenvalue weighted by Gasteiger charge is -2.08. The Bertz CT molecular complexity index is 1400. The zero-order valence-electron chi connectivity index (χ0n) is 18.0. The van der Waals surface area contributed by atoms with Gasteiger partial charge in [-0.05, 0) is 78.8 Å². The summed E-state index contributed by atoms with van der Waals surface area (Å²) in [6.07, 6.45) is 0. The maximum absolute atomic E-state index is 2.31.